The van der Waals surface area contributed by atoms with Crippen molar-refractivity contribution < 1.29 is 10.2 Å². The second-order valence-corrected chi connectivity index (χ2v) is 8.24. The molecule has 5 rings (SSSR count). The molecule has 2 aromatic carbocycles. The fourth-order valence-electron chi connectivity index (χ4n) is 4.37. The van der Waals surface area contributed by atoms with E-state index in [1.54, 1.807) is 0 Å². The van der Waals surface area contributed by atoms with Gasteiger partial charge in [-0.2, -0.15) is 0 Å². The Morgan fingerprint density at radius 3 is 2.14 bits per heavy atom. The van der Waals surface area contributed by atoms with Crippen molar-refractivity contribution in [2.45, 2.75) is 24.0 Å². The molecule has 0 spiro atoms. The maximum atomic E-state index is 11.7. The first-order valence-electron chi connectivity index (χ1n) is 9.95. The molecular weight excluding hydrogens is 348 g/mol. The number of anilines is 1. The van der Waals surface area contributed by atoms with Gasteiger partial charge in [-0.15, -0.1) is 0 Å². The van der Waals surface area contributed by atoms with Gasteiger partial charge in [0.05, 0.1) is 0 Å². The summed E-state index contributed by atoms with van der Waals surface area (Å²) in [5.74, 6) is 6.38. The van der Waals surface area contributed by atoms with Crippen LogP contribution in [0.25, 0.3) is 0 Å². The van der Waals surface area contributed by atoms with E-state index in [0.29, 0.717) is 17.7 Å². The van der Waals surface area contributed by atoms with Crippen LogP contribution >= 0.6 is 0 Å². The molecule has 2 atom stereocenters. The number of aliphatic hydroxyl groups is 2. The van der Waals surface area contributed by atoms with Gasteiger partial charge in [0.1, 0.15) is 5.60 Å². The molecule has 0 radical (unpaired) electrons. The second-order valence-electron chi connectivity index (χ2n) is 8.24. The lowest BCUT2D eigenvalue weighted by molar-refractivity contribution is -0.0716. The van der Waals surface area contributed by atoms with E-state index in [0.717, 1.165) is 31.6 Å². The van der Waals surface area contributed by atoms with E-state index in [2.05, 4.69) is 16.7 Å². The topological polar surface area (TPSA) is 46.9 Å². The van der Waals surface area contributed by atoms with Crippen molar-refractivity contribution in [1.29, 1.82) is 0 Å². The molecule has 3 heterocycles. The summed E-state index contributed by atoms with van der Waals surface area (Å²) in [6, 6.07) is 17.3. The molecule has 0 saturated carbocycles. The summed E-state index contributed by atoms with van der Waals surface area (Å²) in [6.45, 7) is 2.63. The molecule has 28 heavy (non-hydrogen) atoms. The highest BCUT2D eigenvalue weighted by molar-refractivity contribution is 5.52. The van der Waals surface area contributed by atoms with Crippen LogP contribution in [0.5, 0.6) is 0 Å². The minimum Gasteiger partial charge on any atom is -0.378 e. The van der Waals surface area contributed by atoms with Crippen LogP contribution in [0.4, 0.5) is 5.69 Å². The van der Waals surface area contributed by atoms with Crippen molar-refractivity contribution in [3.8, 4) is 11.8 Å². The number of rotatable bonds is 3. The first-order chi connectivity index (χ1) is 13.4. The molecule has 0 amide bonds. The van der Waals surface area contributed by atoms with Gasteiger partial charge in [0.25, 0.3) is 0 Å². The Morgan fingerprint density at radius 1 is 1.00 bits per heavy atom. The van der Waals surface area contributed by atoms with Crippen LogP contribution < -0.4 is 4.90 Å². The zero-order valence-corrected chi connectivity index (χ0v) is 16.6. The zero-order valence-electron chi connectivity index (χ0n) is 16.6. The van der Waals surface area contributed by atoms with E-state index >= 15 is 0 Å². The van der Waals surface area contributed by atoms with Crippen molar-refractivity contribution in [2.75, 3.05) is 38.6 Å². The standard InChI is InChI=1S/C24H28N2O2/c1-25(2)22-10-8-21(9-11-22)24(28,20-6-4-3-5-7-20)15-14-23(27)18-26-16-12-19(23)13-17-26/h3-11,19,27-28H,12-13,16-18H2,1-2H3. The average molecular weight is 377 g/mol. The zero-order chi connectivity index (χ0) is 19.8. The Bertz CT molecular complexity index is 876. The summed E-state index contributed by atoms with van der Waals surface area (Å²) in [5.41, 5.74) is -0.0359. The van der Waals surface area contributed by atoms with E-state index in [4.69, 9.17) is 0 Å². The number of benzene rings is 2. The highest BCUT2D eigenvalue weighted by atomic mass is 16.3. The van der Waals surface area contributed by atoms with Crippen molar-refractivity contribution in [3.05, 3.63) is 65.7 Å². The Hall–Kier alpha value is -2.32. The highest BCUT2D eigenvalue weighted by Crippen LogP contribution is 2.36. The van der Waals surface area contributed by atoms with Gasteiger partial charge in [-0.1, -0.05) is 54.3 Å². The summed E-state index contributed by atoms with van der Waals surface area (Å²) in [6.07, 6.45) is 1.93. The van der Waals surface area contributed by atoms with Crippen LogP contribution in [-0.2, 0) is 5.60 Å². The summed E-state index contributed by atoms with van der Waals surface area (Å²) in [7, 11) is 3.97. The molecule has 3 aliphatic rings. The minimum atomic E-state index is -1.46. The fourth-order valence-corrected chi connectivity index (χ4v) is 4.37. The molecule has 3 aliphatic heterocycles. The van der Waals surface area contributed by atoms with E-state index < -0.39 is 11.2 Å². The maximum absolute atomic E-state index is 11.7. The molecule has 146 valence electrons. The van der Waals surface area contributed by atoms with Gasteiger partial charge < -0.3 is 15.1 Å². The van der Waals surface area contributed by atoms with Gasteiger partial charge >= 0.3 is 0 Å². The first kappa shape index (κ1) is 19.0. The van der Waals surface area contributed by atoms with E-state index in [-0.39, 0.29) is 5.92 Å². The summed E-state index contributed by atoms with van der Waals surface area (Å²) in [4.78, 5) is 4.29. The molecule has 0 aliphatic carbocycles. The SMILES string of the molecule is CN(C)c1ccc(C(O)(C#CC2(O)CN3CCC2CC3)c2ccccc2)cc1. The molecule has 0 aromatic heterocycles. The lowest BCUT2D eigenvalue weighted by Gasteiger charge is -2.48. The Labute approximate surface area is 167 Å². The van der Waals surface area contributed by atoms with Gasteiger partial charge in [-0.3, -0.25) is 4.90 Å². The van der Waals surface area contributed by atoms with Crippen molar-refractivity contribution >= 4 is 5.69 Å². The van der Waals surface area contributed by atoms with Crippen LogP contribution in [-0.4, -0.2) is 54.4 Å². The number of hydrogen-bond acceptors (Lipinski definition) is 4. The molecule has 4 heteroatoms. The lowest BCUT2D eigenvalue weighted by atomic mass is 9.75. The van der Waals surface area contributed by atoms with Crippen molar-refractivity contribution in [2.24, 2.45) is 5.92 Å². The number of piperidine rings is 3. The molecule has 2 unspecified atom stereocenters. The quantitative estimate of drug-likeness (QED) is 0.808. The highest BCUT2D eigenvalue weighted by Gasteiger charge is 2.45. The van der Waals surface area contributed by atoms with Crippen LogP contribution in [0, 0.1) is 17.8 Å². The molecule has 2 N–H and O–H groups in total. The smallest absolute Gasteiger partial charge is 0.176 e. The minimum absolute atomic E-state index is 0.182. The Balaban J connectivity index is 1.75. The number of hydrogen-bond donors (Lipinski definition) is 2. The predicted molar refractivity (Wildman–Crippen MR) is 112 cm³/mol. The van der Waals surface area contributed by atoms with Crippen LogP contribution in [0.15, 0.2) is 54.6 Å². The van der Waals surface area contributed by atoms with E-state index in [9.17, 15) is 10.2 Å². The molecule has 3 fully saturated rings. The number of fused-ring (bicyclic) bond motifs is 3. The summed E-state index contributed by atoms with van der Waals surface area (Å²) < 4.78 is 0. The third-order valence-electron chi connectivity index (χ3n) is 6.18. The van der Waals surface area contributed by atoms with Crippen LogP contribution in [0.3, 0.4) is 0 Å². The molecule has 2 aromatic rings. The van der Waals surface area contributed by atoms with Crippen LogP contribution in [0.2, 0.25) is 0 Å². The maximum Gasteiger partial charge on any atom is 0.176 e. The van der Waals surface area contributed by atoms with E-state index in [1.807, 2.05) is 73.6 Å². The molecule has 3 saturated heterocycles. The predicted octanol–water partition coefficient (Wildman–Crippen LogP) is 2.45. The molecule has 4 nitrogen and oxygen atoms in total. The average Bonchev–Trinajstić information content (AvgIpc) is 2.73. The molecule has 2 bridgehead atoms. The molecular formula is C24H28N2O2. The van der Waals surface area contributed by atoms with Gasteiger partial charge in [-0.05, 0) is 38.1 Å². The third kappa shape index (κ3) is 3.42. The van der Waals surface area contributed by atoms with Gasteiger partial charge in [0.15, 0.2) is 5.60 Å². The van der Waals surface area contributed by atoms with E-state index in [1.165, 1.54) is 0 Å². The summed E-state index contributed by atoms with van der Waals surface area (Å²) >= 11 is 0. The Kier molecular flexibility index (Phi) is 4.93. The van der Waals surface area contributed by atoms with Gasteiger partial charge in [-0.25, -0.2) is 0 Å². The van der Waals surface area contributed by atoms with Crippen LogP contribution in [0.1, 0.15) is 24.0 Å². The number of nitrogens with zero attached hydrogens (tertiary/aromatic N) is 2. The normalized spacial score (nSPS) is 28.1. The fraction of sp³-hybridized carbons (Fsp3) is 0.417. The summed E-state index contributed by atoms with van der Waals surface area (Å²) in [5, 5.41) is 22.9. The monoisotopic (exact) mass is 376 g/mol. The lowest BCUT2D eigenvalue weighted by Crippen LogP contribution is -2.58. The Morgan fingerprint density at radius 2 is 1.61 bits per heavy atom. The first-order valence-corrected chi connectivity index (χ1v) is 9.95. The van der Waals surface area contributed by atoms with Gasteiger partial charge in [0.2, 0.25) is 0 Å². The second kappa shape index (κ2) is 7.25. The third-order valence-corrected chi connectivity index (χ3v) is 6.18. The van der Waals surface area contributed by atoms with Crippen molar-refractivity contribution in [1.82, 2.24) is 4.90 Å². The van der Waals surface area contributed by atoms with Gasteiger partial charge in [0, 0.05) is 43.4 Å². The van der Waals surface area contributed by atoms with Crippen molar-refractivity contribution in [3.63, 3.8) is 0 Å². The largest absolute Gasteiger partial charge is 0.378 e.